The zero-order valence-electron chi connectivity index (χ0n) is 13.1. The second-order valence-corrected chi connectivity index (χ2v) is 5.07. The first-order valence-corrected chi connectivity index (χ1v) is 7.45. The van der Waals surface area contributed by atoms with Gasteiger partial charge in [-0.05, 0) is 30.2 Å². The van der Waals surface area contributed by atoms with Gasteiger partial charge in [0.2, 0.25) is 0 Å². The van der Waals surface area contributed by atoms with E-state index in [2.05, 4.69) is 15.3 Å². The topological polar surface area (TPSA) is 68.5 Å². The van der Waals surface area contributed by atoms with Crippen LogP contribution in [0, 0.1) is 0 Å². The van der Waals surface area contributed by atoms with E-state index in [-0.39, 0.29) is 5.91 Å². The molecule has 0 aliphatic rings. The molecule has 0 aliphatic heterocycles. The molecule has 0 aromatic carbocycles. The van der Waals surface area contributed by atoms with Crippen LogP contribution in [-0.4, -0.2) is 27.4 Å². The molecule has 3 rings (SSSR count). The Kier molecular flexibility index (Phi) is 4.23. The molecule has 3 heterocycles. The summed E-state index contributed by atoms with van der Waals surface area (Å²) in [7, 11) is 1.60. The van der Waals surface area contributed by atoms with Crippen molar-refractivity contribution in [2.75, 3.05) is 7.11 Å². The summed E-state index contributed by atoms with van der Waals surface area (Å²) < 4.78 is 7.10. The predicted molar refractivity (Wildman–Crippen MR) is 86.5 cm³/mol. The Morgan fingerprint density at radius 2 is 2.22 bits per heavy atom. The van der Waals surface area contributed by atoms with E-state index < -0.39 is 0 Å². The van der Waals surface area contributed by atoms with Crippen LogP contribution in [0.15, 0.2) is 42.9 Å². The number of nitrogens with zero attached hydrogens (tertiary/aromatic N) is 3. The van der Waals surface area contributed by atoms with Crippen molar-refractivity contribution < 1.29 is 9.53 Å². The highest BCUT2D eigenvalue weighted by Crippen LogP contribution is 2.22. The zero-order chi connectivity index (χ0) is 16.2. The summed E-state index contributed by atoms with van der Waals surface area (Å²) in [4.78, 5) is 21.2. The molecule has 3 aromatic rings. The van der Waals surface area contributed by atoms with E-state index in [4.69, 9.17) is 4.74 Å². The van der Waals surface area contributed by atoms with E-state index in [0.717, 1.165) is 11.3 Å². The lowest BCUT2D eigenvalue weighted by Crippen LogP contribution is -2.25. The number of hydrogen-bond donors (Lipinski definition) is 1. The number of ether oxygens (including phenoxy) is 1. The number of fused-ring (bicyclic) bond motifs is 1. The van der Waals surface area contributed by atoms with E-state index in [9.17, 15) is 4.79 Å². The molecule has 1 amide bonds. The third kappa shape index (κ3) is 2.88. The molecule has 6 heteroatoms. The van der Waals surface area contributed by atoms with E-state index >= 15 is 0 Å². The summed E-state index contributed by atoms with van der Waals surface area (Å²) in [6.45, 7) is 2.40. The number of methoxy groups -OCH3 is 1. The van der Waals surface area contributed by atoms with Crippen molar-refractivity contribution in [3.05, 3.63) is 59.8 Å². The van der Waals surface area contributed by atoms with E-state index in [1.54, 1.807) is 23.9 Å². The zero-order valence-corrected chi connectivity index (χ0v) is 13.1. The van der Waals surface area contributed by atoms with E-state index in [1.807, 2.05) is 37.4 Å². The van der Waals surface area contributed by atoms with Crippen molar-refractivity contribution in [1.82, 2.24) is 19.7 Å². The average Bonchev–Trinajstić information content (AvgIpc) is 2.99. The largest absolute Gasteiger partial charge is 0.493 e. The van der Waals surface area contributed by atoms with Crippen LogP contribution in [-0.2, 0) is 13.0 Å². The maximum absolute atomic E-state index is 12.6. The molecule has 0 atom stereocenters. The first-order valence-electron chi connectivity index (χ1n) is 7.45. The van der Waals surface area contributed by atoms with Crippen LogP contribution in [0.3, 0.4) is 0 Å². The van der Waals surface area contributed by atoms with Crippen LogP contribution >= 0.6 is 0 Å². The van der Waals surface area contributed by atoms with Crippen LogP contribution in [0.1, 0.15) is 28.7 Å². The third-order valence-electron chi connectivity index (χ3n) is 3.63. The molecule has 3 aromatic heterocycles. The quantitative estimate of drug-likeness (QED) is 0.784. The van der Waals surface area contributed by atoms with Gasteiger partial charge in [-0.2, -0.15) is 0 Å². The lowest BCUT2D eigenvalue weighted by Gasteiger charge is -2.07. The molecule has 118 valence electrons. The number of carbonyl (C=O) groups excluding carboxylic acids is 1. The SMILES string of the molecule is CCc1nc2c(OC)cccn2c1C(=O)NCc1cccnc1. The number of imidazole rings is 1. The van der Waals surface area contributed by atoms with Crippen molar-refractivity contribution in [1.29, 1.82) is 0 Å². The molecule has 0 unspecified atom stereocenters. The summed E-state index contributed by atoms with van der Waals surface area (Å²) in [6.07, 6.45) is 5.93. The Balaban J connectivity index is 1.93. The lowest BCUT2D eigenvalue weighted by molar-refractivity contribution is 0.0944. The molecule has 6 nitrogen and oxygen atoms in total. The minimum absolute atomic E-state index is 0.161. The first-order chi connectivity index (χ1) is 11.2. The Hall–Kier alpha value is -2.89. The lowest BCUT2D eigenvalue weighted by atomic mass is 10.2. The minimum Gasteiger partial charge on any atom is -0.493 e. The number of aromatic nitrogens is 3. The summed E-state index contributed by atoms with van der Waals surface area (Å²) in [5.41, 5.74) is 2.90. The van der Waals surface area contributed by atoms with Crippen molar-refractivity contribution >= 4 is 11.6 Å². The number of aryl methyl sites for hydroxylation is 1. The number of nitrogens with one attached hydrogen (secondary N) is 1. The van der Waals surface area contributed by atoms with Gasteiger partial charge in [0.05, 0.1) is 12.8 Å². The monoisotopic (exact) mass is 310 g/mol. The van der Waals surface area contributed by atoms with Gasteiger partial charge in [-0.3, -0.25) is 14.2 Å². The van der Waals surface area contributed by atoms with Crippen LogP contribution in [0.5, 0.6) is 5.75 Å². The summed E-state index contributed by atoms with van der Waals surface area (Å²) >= 11 is 0. The number of amides is 1. The van der Waals surface area contributed by atoms with Crippen molar-refractivity contribution in [3.8, 4) is 5.75 Å². The summed E-state index contributed by atoms with van der Waals surface area (Å²) in [6, 6.07) is 7.44. The molecule has 23 heavy (non-hydrogen) atoms. The standard InChI is InChI=1S/C17H18N4O2/c1-3-13-15(17(22)19-11-12-6-4-8-18-10-12)21-9-5-7-14(23-2)16(21)20-13/h4-10H,3,11H2,1-2H3,(H,19,22). The van der Waals surface area contributed by atoms with E-state index in [0.29, 0.717) is 30.1 Å². The second-order valence-electron chi connectivity index (χ2n) is 5.07. The Morgan fingerprint density at radius 3 is 2.91 bits per heavy atom. The summed E-state index contributed by atoms with van der Waals surface area (Å²) in [5, 5.41) is 2.93. The highest BCUT2D eigenvalue weighted by Gasteiger charge is 2.19. The van der Waals surface area contributed by atoms with Crippen molar-refractivity contribution in [2.24, 2.45) is 0 Å². The first kappa shape index (κ1) is 15.0. The van der Waals surface area contributed by atoms with Gasteiger partial charge in [-0.15, -0.1) is 0 Å². The van der Waals surface area contributed by atoms with Gasteiger partial charge in [-0.1, -0.05) is 13.0 Å². The Labute approximate surface area is 134 Å². The van der Waals surface area contributed by atoms with Gasteiger partial charge in [-0.25, -0.2) is 4.98 Å². The molecule has 0 fully saturated rings. The van der Waals surface area contributed by atoms with Gasteiger partial charge in [0.15, 0.2) is 11.4 Å². The smallest absolute Gasteiger partial charge is 0.270 e. The number of carbonyl (C=O) groups is 1. The highest BCUT2D eigenvalue weighted by molar-refractivity contribution is 5.95. The number of hydrogen-bond acceptors (Lipinski definition) is 4. The maximum Gasteiger partial charge on any atom is 0.270 e. The molecule has 0 aliphatic carbocycles. The average molecular weight is 310 g/mol. The fourth-order valence-electron chi connectivity index (χ4n) is 2.50. The minimum atomic E-state index is -0.161. The van der Waals surface area contributed by atoms with Gasteiger partial charge in [0.25, 0.3) is 5.91 Å². The maximum atomic E-state index is 12.6. The van der Waals surface area contributed by atoms with Gasteiger partial charge >= 0.3 is 0 Å². The predicted octanol–water partition coefficient (Wildman–Crippen LogP) is 2.23. The molecule has 0 saturated carbocycles. The van der Waals surface area contributed by atoms with Crippen LogP contribution in [0.2, 0.25) is 0 Å². The van der Waals surface area contributed by atoms with Crippen molar-refractivity contribution in [2.45, 2.75) is 19.9 Å². The Morgan fingerprint density at radius 1 is 1.35 bits per heavy atom. The molecule has 1 N–H and O–H groups in total. The van der Waals surface area contributed by atoms with Gasteiger partial charge in [0.1, 0.15) is 5.69 Å². The van der Waals surface area contributed by atoms with Crippen LogP contribution < -0.4 is 10.1 Å². The molecular weight excluding hydrogens is 292 g/mol. The fourth-order valence-corrected chi connectivity index (χ4v) is 2.50. The molecule has 0 bridgehead atoms. The Bertz CT molecular complexity index is 827. The normalized spacial score (nSPS) is 10.7. The van der Waals surface area contributed by atoms with Crippen LogP contribution in [0.4, 0.5) is 0 Å². The van der Waals surface area contributed by atoms with Crippen LogP contribution in [0.25, 0.3) is 5.65 Å². The summed E-state index contributed by atoms with van der Waals surface area (Å²) in [5.74, 6) is 0.486. The number of pyridine rings is 2. The molecule has 0 saturated heterocycles. The van der Waals surface area contributed by atoms with Gasteiger partial charge < -0.3 is 10.1 Å². The molecule has 0 radical (unpaired) electrons. The molecular formula is C17H18N4O2. The highest BCUT2D eigenvalue weighted by atomic mass is 16.5. The third-order valence-corrected chi connectivity index (χ3v) is 3.63. The second kappa shape index (κ2) is 6.48. The van der Waals surface area contributed by atoms with Gasteiger partial charge in [0, 0.05) is 25.1 Å². The number of rotatable bonds is 5. The molecule has 0 spiro atoms. The fraction of sp³-hybridized carbons (Fsp3) is 0.235. The van der Waals surface area contributed by atoms with E-state index in [1.165, 1.54) is 0 Å². The van der Waals surface area contributed by atoms with Crippen molar-refractivity contribution in [3.63, 3.8) is 0 Å².